The van der Waals surface area contributed by atoms with Gasteiger partial charge in [-0.2, -0.15) is 0 Å². The number of nitrogens with two attached hydrogens (primary N) is 1. The van der Waals surface area contributed by atoms with Crippen molar-refractivity contribution in [2.24, 2.45) is 0 Å². The average Bonchev–Trinajstić information content (AvgIpc) is 3.71. The van der Waals surface area contributed by atoms with Crippen LogP contribution in [0.3, 0.4) is 0 Å². The molecule has 5 rings (SSSR count). The van der Waals surface area contributed by atoms with Gasteiger partial charge in [-0.3, -0.25) is 9.20 Å². The first-order valence-corrected chi connectivity index (χ1v) is 14.5. The molecule has 0 radical (unpaired) electrons. The molecule has 3 N–H and O–H groups in total. The van der Waals surface area contributed by atoms with Gasteiger partial charge >= 0.3 is 0 Å². The van der Waals surface area contributed by atoms with Crippen LogP contribution < -0.4 is 11.1 Å². The maximum absolute atomic E-state index is 12.0. The molecule has 9 heteroatoms. The molecule has 0 saturated heterocycles. The largest absolute Gasteiger partial charge is 0.382 e. The Morgan fingerprint density at radius 1 is 1.17 bits per heavy atom. The van der Waals surface area contributed by atoms with Crippen LogP contribution in [0.2, 0.25) is 0 Å². The molecular weight excluding hydrogens is 516 g/mol. The van der Waals surface area contributed by atoms with E-state index in [0.717, 1.165) is 58.7 Å². The quantitative estimate of drug-likeness (QED) is 0.227. The van der Waals surface area contributed by atoms with Crippen molar-refractivity contribution in [2.75, 3.05) is 18.9 Å². The van der Waals surface area contributed by atoms with Crippen LogP contribution in [0.4, 0.5) is 5.82 Å². The third-order valence-electron chi connectivity index (χ3n) is 7.45. The summed E-state index contributed by atoms with van der Waals surface area (Å²) in [4.78, 5) is 21.1. The van der Waals surface area contributed by atoms with E-state index in [4.69, 9.17) is 15.0 Å². The van der Waals surface area contributed by atoms with Crippen molar-refractivity contribution in [3.05, 3.63) is 71.6 Å². The van der Waals surface area contributed by atoms with Gasteiger partial charge in [-0.15, -0.1) is 0 Å². The zero-order valence-corrected chi connectivity index (χ0v) is 24.2. The fourth-order valence-electron chi connectivity index (χ4n) is 5.11. The molecule has 0 aliphatic heterocycles. The standard InChI is InChI=1S/C32H40N6O3/c1-32(2,3)27-19-25(37-41-27)18-22-11-13-23(14-12-22)29-30-31(33)34-20-26(38(30)21-35-29)10-6-7-16-40-17-15-28(39)36-24-8-4-5-9-24/h6,10-14,19-21,24H,4-5,7-9,15-18H2,1-3H3,(H2,33,34)(H,36,39)/b10-6+. The van der Waals surface area contributed by atoms with Gasteiger partial charge < -0.3 is 20.3 Å². The van der Waals surface area contributed by atoms with Crippen molar-refractivity contribution in [2.45, 2.75) is 77.2 Å². The second-order valence-electron chi connectivity index (χ2n) is 11.8. The summed E-state index contributed by atoms with van der Waals surface area (Å²) in [7, 11) is 0. The number of fused-ring (bicyclic) bond motifs is 1. The summed E-state index contributed by atoms with van der Waals surface area (Å²) in [6, 6.07) is 10.6. The van der Waals surface area contributed by atoms with Crippen LogP contribution in [0.25, 0.3) is 22.9 Å². The Morgan fingerprint density at radius 2 is 1.95 bits per heavy atom. The number of amides is 1. The van der Waals surface area contributed by atoms with Gasteiger partial charge in [0.1, 0.15) is 23.4 Å². The van der Waals surface area contributed by atoms with Crippen LogP contribution >= 0.6 is 0 Å². The van der Waals surface area contributed by atoms with E-state index < -0.39 is 0 Å². The summed E-state index contributed by atoms with van der Waals surface area (Å²) in [6.07, 6.45) is 14.0. The van der Waals surface area contributed by atoms with Gasteiger partial charge in [0.05, 0.1) is 36.5 Å². The SMILES string of the molecule is CC(C)(C)c1cc(Cc2ccc(-c3ncn4c(/C=C/CCOCCC(=O)NC5CCCC5)cnc(N)c34)cc2)no1. The second kappa shape index (κ2) is 12.7. The zero-order valence-electron chi connectivity index (χ0n) is 24.2. The molecule has 1 saturated carbocycles. The summed E-state index contributed by atoms with van der Waals surface area (Å²) in [6.45, 7) is 7.31. The topological polar surface area (TPSA) is 121 Å². The minimum absolute atomic E-state index is 0.0690. The first-order valence-electron chi connectivity index (χ1n) is 14.5. The molecule has 4 aromatic rings. The number of benzene rings is 1. The molecule has 0 spiro atoms. The minimum Gasteiger partial charge on any atom is -0.382 e. The summed E-state index contributed by atoms with van der Waals surface area (Å²) in [5, 5.41) is 7.33. The van der Waals surface area contributed by atoms with Crippen molar-refractivity contribution in [3.8, 4) is 11.3 Å². The maximum Gasteiger partial charge on any atom is 0.222 e. The number of imidazole rings is 1. The number of carbonyl (C=O) groups excluding carboxylic acids is 1. The van der Waals surface area contributed by atoms with E-state index >= 15 is 0 Å². The number of rotatable bonds is 11. The average molecular weight is 557 g/mol. The third kappa shape index (κ3) is 7.21. The van der Waals surface area contributed by atoms with Crippen LogP contribution in [-0.4, -0.2) is 44.7 Å². The van der Waals surface area contributed by atoms with Crippen LogP contribution in [0.1, 0.15) is 82.0 Å². The van der Waals surface area contributed by atoms with Crippen molar-refractivity contribution in [1.82, 2.24) is 24.8 Å². The number of hydrogen-bond donors (Lipinski definition) is 2. The van der Waals surface area contributed by atoms with Gasteiger partial charge in [-0.05, 0) is 30.9 Å². The number of anilines is 1. The molecule has 1 amide bonds. The lowest BCUT2D eigenvalue weighted by atomic mass is 9.93. The van der Waals surface area contributed by atoms with Crippen molar-refractivity contribution in [1.29, 1.82) is 0 Å². The molecule has 3 aromatic heterocycles. The summed E-state index contributed by atoms with van der Waals surface area (Å²) in [5.74, 6) is 1.39. The second-order valence-corrected chi connectivity index (χ2v) is 11.8. The van der Waals surface area contributed by atoms with E-state index in [0.29, 0.717) is 37.9 Å². The first kappa shape index (κ1) is 28.5. The zero-order chi connectivity index (χ0) is 28.8. The summed E-state index contributed by atoms with van der Waals surface area (Å²) in [5.41, 5.74) is 11.7. The maximum atomic E-state index is 12.0. The van der Waals surface area contributed by atoms with Crippen LogP contribution in [0.5, 0.6) is 0 Å². The van der Waals surface area contributed by atoms with E-state index in [1.54, 1.807) is 12.5 Å². The monoisotopic (exact) mass is 556 g/mol. The Kier molecular flexibility index (Phi) is 8.83. The molecule has 0 unspecified atom stereocenters. The number of carbonyl (C=O) groups is 1. The molecule has 216 valence electrons. The van der Waals surface area contributed by atoms with Gasteiger partial charge in [0.2, 0.25) is 5.91 Å². The molecular formula is C32H40N6O3. The molecule has 1 fully saturated rings. The molecule has 1 aromatic carbocycles. The van der Waals surface area contributed by atoms with Crippen LogP contribution in [-0.2, 0) is 21.4 Å². The predicted octanol–water partition coefficient (Wildman–Crippen LogP) is 5.72. The van der Waals surface area contributed by atoms with Crippen molar-refractivity contribution >= 4 is 23.3 Å². The summed E-state index contributed by atoms with van der Waals surface area (Å²) >= 11 is 0. The number of aromatic nitrogens is 4. The molecule has 9 nitrogen and oxygen atoms in total. The minimum atomic E-state index is -0.0690. The Balaban J connectivity index is 1.17. The van der Waals surface area contributed by atoms with Crippen LogP contribution in [0, 0.1) is 0 Å². The summed E-state index contributed by atoms with van der Waals surface area (Å²) < 4.78 is 13.1. The van der Waals surface area contributed by atoms with Crippen LogP contribution in [0.15, 0.2) is 53.5 Å². The number of nitrogen functional groups attached to an aromatic ring is 1. The predicted molar refractivity (Wildman–Crippen MR) is 160 cm³/mol. The highest BCUT2D eigenvalue weighted by Gasteiger charge is 2.20. The molecule has 1 aliphatic carbocycles. The Bertz CT molecular complexity index is 1490. The van der Waals surface area contributed by atoms with Gasteiger partial charge in [-0.25, -0.2) is 9.97 Å². The Labute approximate surface area is 241 Å². The first-order chi connectivity index (χ1) is 19.8. The van der Waals surface area contributed by atoms with E-state index in [2.05, 4.69) is 65.5 Å². The smallest absolute Gasteiger partial charge is 0.222 e. The molecule has 1 aliphatic rings. The third-order valence-corrected chi connectivity index (χ3v) is 7.45. The number of ether oxygens (including phenoxy) is 1. The van der Waals surface area contributed by atoms with Crippen molar-refractivity contribution < 1.29 is 14.1 Å². The lowest BCUT2D eigenvalue weighted by Gasteiger charge is -2.12. The lowest BCUT2D eigenvalue weighted by molar-refractivity contribution is -0.122. The van der Waals surface area contributed by atoms with E-state index in [1.807, 2.05) is 22.6 Å². The number of nitrogens with zero attached hydrogens (tertiary/aromatic N) is 4. The lowest BCUT2D eigenvalue weighted by Crippen LogP contribution is -2.33. The highest BCUT2D eigenvalue weighted by Crippen LogP contribution is 2.29. The van der Waals surface area contributed by atoms with Gasteiger partial charge in [0.25, 0.3) is 0 Å². The van der Waals surface area contributed by atoms with Gasteiger partial charge in [-0.1, -0.05) is 69.1 Å². The Hall–Kier alpha value is -3.98. The fraction of sp³-hybridized carbons (Fsp3) is 0.438. The highest BCUT2D eigenvalue weighted by molar-refractivity contribution is 5.85. The van der Waals surface area contributed by atoms with Crippen molar-refractivity contribution in [3.63, 3.8) is 0 Å². The molecule has 0 atom stereocenters. The highest BCUT2D eigenvalue weighted by atomic mass is 16.5. The molecule has 41 heavy (non-hydrogen) atoms. The molecule has 3 heterocycles. The number of hydrogen-bond acceptors (Lipinski definition) is 7. The number of nitrogens with one attached hydrogen (secondary N) is 1. The van der Waals surface area contributed by atoms with E-state index in [1.165, 1.54) is 12.8 Å². The fourth-order valence-corrected chi connectivity index (χ4v) is 5.11. The van der Waals surface area contributed by atoms with Gasteiger partial charge in [0.15, 0.2) is 0 Å². The normalized spacial score (nSPS) is 14.4. The van der Waals surface area contributed by atoms with E-state index in [9.17, 15) is 4.79 Å². The van der Waals surface area contributed by atoms with E-state index in [-0.39, 0.29) is 11.3 Å². The Morgan fingerprint density at radius 3 is 2.68 bits per heavy atom. The van der Waals surface area contributed by atoms with Gasteiger partial charge in [0, 0.05) is 35.9 Å². The molecule has 0 bridgehead atoms.